The second-order valence-corrected chi connectivity index (χ2v) is 46.2. The van der Waals surface area contributed by atoms with E-state index in [-0.39, 0.29) is 0 Å². The van der Waals surface area contributed by atoms with E-state index in [1.165, 1.54) is 9.76 Å². The third-order valence-corrected chi connectivity index (χ3v) is 0. The van der Waals surface area contributed by atoms with E-state index in [2.05, 4.69) is 43.6 Å². The molecule has 0 saturated carbocycles. The molecule has 0 atom stereocenters. The highest BCUT2D eigenvalue weighted by Gasteiger charge is 2.10. The van der Waals surface area contributed by atoms with Crippen LogP contribution in [0.1, 0.15) is 0 Å². The molecule has 0 bridgehead atoms. The number of hydrogen-bond acceptors (Lipinski definition) is 0. The molecule has 5 heavy (non-hydrogen) atoms. The minimum atomic E-state index is -1.06. The Hall–Kier alpha value is 2.18. The Morgan fingerprint density at radius 1 is 1.60 bits per heavy atom. The number of halogens is 3. The van der Waals surface area contributed by atoms with Crippen LogP contribution in [0.4, 0.5) is 0 Å². The standard InChI is InChI=1S/ClH3I2Si2/c1-5(2,3)4/h4H3. The Morgan fingerprint density at radius 3 is 1.60 bits per heavy atom. The smallest absolute Gasteiger partial charge is 0.145 e. The van der Waals surface area contributed by atoms with Crippen LogP contribution < -0.4 is 0 Å². The summed E-state index contributed by atoms with van der Waals surface area (Å²) in [6, 6.07) is 0. The fraction of sp³-hybridized carbons (Fsp3) is 0. The summed E-state index contributed by atoms with van der Waals surface area (Å²) >= 11 is 10.4. The van der Waals surface area contributed by atoms with E-state index in [0.717, 1.165) is 0 Å². The quantitative estimate of drug-likeness (QED) is 0.347. The van der Waals surface area contributed by atoms with Crippen molar-refractivity contribution in [3.63, 3.8) is 0 Å². The second-order valence-electron chi connectivity index (χ2n) is 0.781. The van der Waals surface area contributed by atoms with Crippen molar-refractivity contribution in [1.29, 1.82) is 0 Å². The first-order valence-corrected chi connectivity index (χ1v) is 13.8. The van der Waals surface area contributed by atoms with Crippen molar-refractivity contribution in [2.45, 2.75) is 0 Å². The van der Waals surface area contributed by atoms with E-state index in [0.29, 0.717) is 0 Å². The zero-order valence-electron chi connectivity index (χ0n) is 2.63. The van der Waals surface area contributed by atoms with Crippen LogP contribution in [-0.4, -0.2) is 11.7 Å². The van der Waals surface area contributed by atoms with Crippen molar-refractivity contribution in [1.82, 2.24) is 0 Å². The predicted molar refractivity (Wildman–Crippen MR) is 49.6 cm³/mol. The Kier molecular flexibility index (Phi) is 3.56. The van der Waals surface area contributed by atoms with E-state index in [1.54, 1.807) is 0 Å². The van der Waals surface area contributed by atoms with E-state index in [1.807, 2.05) is 0 Å². The third-order valence-electron chi connectivity index (χ3n) is 0. The topological polar surface area (TPSA) is 0 Å². The molecule has 0 spiro atoms. The van der Waals surface area contributed by atoms with Gasteiger partial charge < -0.3 is 0 Å². The molecule has 0 aliphatic rings. The van der Waals surface area contributed by atoms with Gasteiger partial charge >= 0.3 is 0 Å². The summed E-state index contributed by atoms with van der Waals surface area (Å²) in [6.07, 6.45) is 0. The average Bonchev–Trinajstić information content (AvgIpc) is 0.722. The van der Waals surface area contributed by atoms with Gasteiger partial charge in [-0.05, 0) is 0 Å². The monoisotopic (exact) mass is 348 g/mol. The number of rotatable bonds is 0. The van der Waals surface area contributed by atoms with Crippen LogP contribution in [0.25, 0.3) is 0 Å². The lowest BCUT2D eigenvalue weighted by Crippen LogP contribution is -2.04. The van der Waals surface area contributed by atoms with Crippen molar-refractivity contribution in [2.24, 2.45) is 0 Å². The molecule has 0 aliphatic heterocycles. The molecule has 0 aliphatic carbocycles. The van der Waals surface area contributed by atoms with E-state index >= 15 is 0 Å². The second kappa shape index (κ2) is 2.48. The molecule has 0 unspecified atom stereocenters. The minimum Gasteiger partial charge on any atom is -0.145 e. The largest absolute Gasteiger partial charge is 0.258 e. The Bertz CT molecular complexity index is 23.1. The average molecular weight is 348 g/mol. The molecular formula is H3ClI2Si2. The van der Waals surface area contributed by atoms with Crippen molar-refractivity contribution < 1.29 is 0 Å². The highest BCUT2D eigenvalue weighted by molar-refractivity contribution is 14.3. The van der Waals surface area contributed by atoms with E-state index in [9.17, 15) is 0 Å². The molecule has 0 saturated heterocycles. The maximum atomic E-state index is 5.70. The fourth-order valence-electron chi connectivity index (χ4n) is 0. The third kappa shape index (κ3) is 22.7. The van der Waals surface area contributed by atoms with Gasteiger partial charge in [0.1, 0.15) is 0 Å². The molecule has 32 valence electrons. The van der Waals surface area contributed by atoms with Crippen LogP contribution in [0, 0.1) is 0 Å². The van der Waals surface area contributed by atoms with Crippen molar-refractivity contribution in [3.8, 4) is 0 Å². The SMILES string of the molecule is [SiH3][Si](Cl)(I)I. The number of hydrogen-bond donors (Lipinski definition) is 0. The van der Waals surface area contributed by atoms with Crippen LogP contribution in [0.2, 0.25) is 0 Å². The van der Waals surface area contributed by atoms with Gasteiger partial charge in [0, 0.05) is 9.76 Å². The van der Waals surface area contributed by atoms with Crippen LogP contribution >= 0.6 is 54.7 Å². The first kappa shape index (κ1) is 7.18. The summed E-state index contributed by atoms with van der Waals surface area (Å²) in [5.74, 6) is 0. The van der Waals surface area contributed by atoms with Gasteiger partial charge in [0.15, 0.2) is 0 Å². The summed E-state index contributed by atoms with van der Waals surface area (Å²) in [5, 5.41) is 0. The van der Waals surface area contributed by atoms with Crippen LogP contribution in [-0.2, 0) is 0 Å². The first-order valence-electron chi connectivity index (χ1n) is 1.07. The van der Waals surface area contributed by atoms with Crippen LogP contribution in [0.5, 0.6) is 0 Å². The van der Waals surface area contributed by atoms with Gasteiger partial charge in [0.25, 0.3) is 1.89 Å². The molecule has 0 N–H and O–H groups in total. The van der Waals surface area contributed by atoms with E-state index in [4.69, 9.17) is 11.1 Å². The van der Waals surface area contributed by atoms with Crippen LogP contribution in [0.3, 0.4) is 0 Å². The molecule has 0 amide bonds. The van der Waals surface area contributed by atoms with Gasteiger partial charge in [0.2, 0.25) is 0 Å². The summed E-state index contributed by atoms with van der Waals surface area (Å²) in [7, 11) is 1.19. The van der Waals surface area contributed by atoms with Gasteiger partial charge in [-0.2, -0.15) is 0 Å². The summed E-state index contributed by atoms with van der Waals surface area (Å²) < 4.78 is -1.06. The first-order chi connectivity index (χ1) is 2.00. The molecule has 0 fully saturated rings. The van der Waals surface area contributed by atoms with Gasteiger partial charge in [-0.3, -0.25) is 0 Å². The van der Waals surface area contributed by atoms with Gasteiger partial charge in [-0.15, -0.1) is 11.1 Å². The Balaban J connectivity index is 3.02. The van der Waals surface area contributed by atoms with E-state index < -0.39 is 1.89 Å². The zero-order valence-corrected chi connectivity index (χ0v) is 10.7. The molecular weight excluding hydrogens is 345 g/mol. The summed E-state index contributed by atoms with van der Waals surface area (Å²) in [4.78, 5) is 0. The predicted octanol–water partition coefficient (Wildman–Crippen LogP) is 0.896. The lowest BCUT2D eigenvalue weighted by molar-refractivity contribution is 4.26. The minimum absolute atomic E-state index is 1.06. The molecule has 0 nitrogen and oxygen atoms in total. The summed E-state index contributed by atoms with van der Waals surface area (Å²) in [6.45, 7) is 0. The molecule has 0 heterocycles. The summed E-state index contributed by atoms with van der Waals surface area (Å²) in [5.41, 5.74) is 0. The highest BCUT2D eigenvalue weighted by atomic mass is 127. The Labute approximate surface area is 65.4 Å². The van der Waals surface area contributed by atoms with Gasteiger partial charge in [0.05, 0.1) is 0 Å². The van der Waals surface area contributed by atoms with Crippen molar-refractivity contribution in [2.75, 3.05) is 0 Å². The van der Waals surface area contributed by atoms with Crippen molar-refractivity contribution >= 4 is 66.3 Å². The Morgan fingerprint density at radius 2 is 1.60 bits per heavy atom. The molecule has 0 aromatic carbocycles. The molecule has 0 rings (SSSR count). The zero-order chi connectivity index (χ0) is 4.50. The fourth-order valence-corrected chi connectivity index (χ4v) is 0. The normalized spacial score (nSPS) is 12.6. The lowest BCUT2D eigenvalue weighted by Gasteiger charge is -1.91. The molecule has 0 aromatic heterocycles. The molecule has 0 aromatic rings. The van der Waals surface area contributed by atoms with Crippen molar-refractivity contribution in [3.05, 3.63) is 0 Å². The van der Waals surface area contributed by atoms with Gasteiger partial charge in [-0.25, -0.2) is 0 Å². The van der Waals surface area contributed by atoms with Gasteiger partial charge in [-0.1, -0.05) is 43.6 Å². The molecule has 5 heteroatoms. The highest BCUT2D eigenvalue weighted by Crippen LogP contribution is 2.20. The van der Waals surface area contributed by atoms with Crippen LogP contribution in [0.15, 0.2) is 0 Å². The maximum absolute atomic E-state index is 5.70. The molecule has 0 radical (unpaired) electrons. The maximum Gasteiger partial charge on any atom is 0.258 e. The lowest BCUT2D eigenvalue weighted by atomic mass is 27.0.